The van der Waals surface area contributed by atoms with Crippen molar-refractivity contribution < 1.29 is 0 Å². The van der Waals surface area contributed by atoms with Crippen LogP contribution in [-0.2, 0) is 13.1 Å². The standard InChI is InChI=1S/C16H23N5S.HI/c1-4-17-16(20-12-14-6-5-9-22-14)19-11-13-7-8-18-15(10-13)21(2)3;/h5-10H,4,11-12H2,1-3H3,(H2,17,19,20);1H. The van der Waals surface area contributed by atoms with Crippen LogP contribution in [0.2, 0.25) is 0 Å². The molecule has 0 radical (unpaired) electrons. The lowest BCUT2D eigenvalue weighted by Gasteiger charge is -2.12. The van der Waals surface area contributed by atoms with Gasteiger partial charge >= 0.3 is 0 Å². The van der Waals surface area contributed by atoms with Crippen molar-refractivity contribution in [2.75, 3.05) is 25.5 Å². The second-order valence-corrected chi connectivity index (χ2v) is 6.08. The van der Waals surface area contributed by atoms with E-state index in [1.807, 2.05) is 31.3 Å². The Bertz CT molecular complexity index is 598. The SMILES string of the molecule is CCNC(=NCc1ccnc(N(C)C)c1)NCc1cccs1.I. The van der Waals surface area contributed by atoms with Crippen molar-refractivity contribution in [3.8, 4) is 0 Å². The average molecular weight is 445 g/mol. The Kier molecular flexibility index (Phi) is 8.93. The minimum absolute atomic E-state index is 0. The maximum Gasteiger partial charge on any atom is 0.191 e. The summed E-state index contributed by atoms with van der Waals surface area (Å²) in [6, 6.07) is 8.24. The number of aliphatic imine (C=N–C) groups is 1. The molecule has 0 amide bonds. The van der Waals surface area contributed by atoms with Crippen molar-refractivity contribution in [2.24, 2.45) is 4.99 Å². The molecule has 0 fully saturated rings. The Hall–Kier alpha value is -1.35. The van der Waals surface area contributed by atoms with Crippen LogP contribution in [0.4, 0.5) is 5.82 Å². The Labute approximate surface area is 159 Å². The van der Waals surface area contributed by atoms with Gasteiger partial charge in [-0.2, -0.15) is 0 Å². The van der Waals surface area contributed by atoms with Crippen LogP contribution in [-0.4, -0.2) is 31.6 Å². The Morgan fingerprint density at radius 1 is 1.30 bits per heavy atom. The molecule has 0 aromatic carbocycles. The Morgan fingerprint density at radius 2 is 2.13 bits per heavy atom. The number of aromatic nitrogens is 1. The molecule has 0 unspecified atom stereocenters. The first-order chi connectivity index (χ1) is 10.7. The minimum Gasteiger partial charge on any atom is -0.363 e. The van der Waals surface area contributed by atoms with Crippen LogP contribution >= 0.6 is 35.3 Å². The summed E-state index contributed by atoms with van der Waals surface area (Å²) in [6.07, 6.45) is 1.83. The van der Waals surface area contributed by atoms with E-state index in [4.69, 9.17) is 0 Å². The van der Waals surface area contributed by atoms with E-state index in [2.05, 4.69) is 51.1 Å². The second-order valence-electron chi connectivity index (χ2n) is 5.04. The van der Waals surface area contributed by atoms with E-state index in [1.165, 1.54) is 4.88 Å². The first-order valence-electron chi connectivity index (χ1n) is 7.36. The van der Waals surface area contributed by atoms with Crippen molar-refractivity contribution in [2.45, 2.75) is 20.0 Å². The van der Waals surface area contributed by atoms with Gasteiger partial charge in [0, 0.05) is 31.7 Å². The van der Waals surface area contributed by atoms with Gasteiger partial charge in [-0.15, -0.1) is 35.3 Å². The zero-order valence-electron chi connectivity index (χ0n) is 13.7. The number of guanidine groups is 1. The number of pyridine rings is 1. The fourth-order valence-electron chi connectivity index (χ4n) is 1.90. The maximum absolute atomic E-state index is 4.64. The normalized spacial score (nSPS) is 10.8. The van der Waals surface area contributed by atoms with Gasteiger partial charge in [0.25, 0.3) is 0 Å². The zero-order valence-corrected chi connectivity index (χ0v) is 16.9. The number of hydrogen-bond acceptors (Lipinski definition) is 4. The summed E-state index contributed by atoms with van der Waals surface area (Å²) in [5.74, 6) is 1.78. The molecule has 0 aliphatic rings. The third-order valence-corrected chi connectivity index (χ3v) is 3.92. The summed E-state index contributed by atoms with van der Waals surface area (Å²) >= 11 is 1.74. The molecular weight excluding hydrogens is 421 g/mol. The second kappa shape index (κ2) is 10.4. The van der Waals surface area contributed by atoms with Gasteiger partial charge in [-0.1, -0.05) is 6.07 Å². The number of hydrogen-bond donors (Lipinski definition) is 2. The largest absolute Gasteiger partial charge is 0.363 e. The molecule has 2 N–H and O–H groups in total. The number of thiophene rings is 1. The van der Waals surface area contributed by atoms with E-state index in [9.17, 15) is 0 Å². The van der Waals surface area contributed by atoms with Crippen molar-refractivity contribution in [3.05, 3.63) is 46.3 Å². The summed E-state index contributed by atoms with van der Waals surface area (Å²) in [6.45, 7) is 4.33. The van der Waals surface area contributed by atoms with Gasteiger partial charge in [0.1, 0.15) is 5.82 Å². The average Bonchev–Trinajstić information content (AvgIpc) is 3.03. The predicted molar refractivity (Wildman–Crippen MR) is 110 cm³/mol. The van der Waals surface area contributed by atoms with Crippen molar-refractivity contribution in [3.63, 3.8) is 0 Å². The van der Waals surface area contributed by atoms with Crippen LogP contribution in [0, 0.1) is 0 Å². The van der Waals surface area contributed by atoms with Crippen molar-refractivity contribution >= 4 is 47.1 Å². The van der Waals surface area contributed by atoms with Crippen LogP contribution in [0.25, 0.3) is 0 Å². The summed E-state index contributed by atoms with van der Waals surface area (Å²) in [4.78, 5) is 12.2. The predicted octanol–water partition coefficient (Wildman–Crippen LogP) is 3.08. The summed E-state index contributed by atoms with van der Waals surface area (Å²) in [5.41, 5.74) is 1.15. The van der Waals surface area contributed by atoms with Crippen LogP contribution in [0.5, 0.6) is 0 Å². The smallest absolute Gasteiger partial charge is 0.191 e. The molecule has 7 heteroatoms. The number of nitrogens with zero attached hydrogens (tertiary/aromatic N) is 3. The van der Waals surface area contributed by atoms with Crippen LogP contribution in [0.3, 0.4) is 0 Å². The highest BCUT2D eigenvalue weighted by molar-refractivity contribution is 14.0. The van der Waals surface area contributed by atoms with Crippen LogP contribution in [0.15, 0.2) is 40.8 Å². The quantitative estimate of drug-likeness (QED) is 0.408. The lowest BCUT2D eigenvalue weighted by molar-refractivity contribution is 0.823. The summed E-state index contributed by atoms with van der Waals surface area (Å²) in [7, 11) is 3.98. The molecule has 0 saturated carbocycles. The minimum atomic E-state index is 0. The Balaban J connectivity index is 0.00000264. The molecule has 23 heavy (non-hydrogen) atoms. The topological polar surface area (TPSA) is 52.6 Å². The van der Waals surface area contributed by atoms with Gasteiger partial charge in [-0.25, -0.2) is 9.98 Å². The zero-order chi connectivity index (χ0) is 15.8. The molecule has 0 spiro atoms. The lowest BCUT2D eigenvalue weighted by atomic mass is 10.2. The van der Waals surface area contributed by atoms with Gasteiger partial charge in [0.05, 0.1) is 13.1 Å². The molecular formula is C16H24IN5S. The molecule has 0 atom stereocenters. The summed E-state index contributed by atoms with van der Waals surface area (Å²) < 4.78 is 0. The van der Waals surface area contributed by atoms with Crippen molar-refractivity contribution in [1.82, 2.24) is 15.6 Å². The van der Waals surface area contributed by atoms with Crippen LogP contribution in [0.1, 0.15) is 17.4 Å². The van der Waals surface area contributed by atoms with Gasteiger partial charge in [-0.3, -0.25) is 0 Å². The molecule has 0 bridgehead atoms. The molecule has 5 nitrogen and oxygen atoms in total. The van der Waals surface area contributed by atoms with E-state index in [-0.39, 0.29) is 24.0 Å². The molecule has 0 saturated heterocycles. The molecule has 2 aromatic heterocycles. The molecule has 2 rings (SSSR count). The molecule has 126 valence electrons. The highest BCUT2D eigenvalue weighted by Crippen LogP contribution is 2.10. The highest BCUT2D eigenvalue weighted by atomic mass is 127. The molecule has 2 aromatic rings. The van der Waals surface area contributed by atoms with E-state index in [1.54, 1.807) is 11.3 Å². The van der Waals surface area contributed by atoms with E-state index in [0.717, 1.165) is 30.4 Å². The van der Waals surface area contributed by atoms with Gasteiger partial charge in [0.2, 0.25) is 0 Å². The molecule has 0 aliphatic carbocycles. The number of anilines is 1. The Morgan fingerprint density at radius 3 is 2.78 bits per heavy atom. The van der Waals surface area contributed by atoms with Crippen LogP contribution < -0.4 is 15.5 Å². The third kappa shape index (κ3) is 6.74. The van der Waals surface area contributed by atoms with Gasteiger partial charge in [-0.05, 0) is 36.1 Å². The van der Waals surface area contributed by atoms with E-state index in [0.29, 0.717) is 6.54 Å². The first-order valence-corrected chi connectivity index (χ1v) is 8.24. The monoisotopic (exact) mass is 445 g/mol. The maximum atomic E-state index is 4.64. The number of rotatable bonds is 6. The third-order valence-electron chi connectivity index (χ3n) is 3.04. The number of nitrogens with one attached hydrogen (secondary N) is 2. The molecule has 2 heterocycles. The van der Waals surface area contributed by atoms with E-state index >= 15 is 0 Å². The highest BCUT2D eigenvalue weighted by Gasteiger charge is 2.01. The molecule has 0 aliphatic heterocycles. The van der Waals surface area contributed by atoms with Crippen molar-refractivity contribution in [1.29, 1.82) is 0 Å². The first kappa shape index (κ1) is 19.7. The fraction of sp³-hybridized carbons (Fsp3) is 0.375. The van der Waals surface area contributed by atoms with Gasteiger partial charge in [0.15, 0.2) is 5.96 Å². The summed E-state index contributed by atoms with van der Waals surface area (Å²) in [5, 5.41) is 8.71. The fourth-order valence-corrected chi connectivity index (χ4v) is 2.54. The lowest BCUT2D eigenvalue weighted by Crippen LogP contribution is -2.36. The van der Waals surface area contributed by atoms with E-state index < -0.39 is 0 Å². The van der Waals surface area contributed by atoms with Gasteiger partial charge < -0.3 is 15.5 Å². The number of halogens is 1.